The van der Waals surface area contributed by atoms with Crippen LogP contribution in [-0.2, 0) is 0 Å². The molecule has 49 heavy (non-hydrogen) atoms. The number of hydrogen-bond donors (Lipinski definition) is 0. The minimum absolute atomic E-state index is 0.308. The van der Waals surface area contributed by atoms with Gasteiger partial charge in [-0.05, 0) is 62.9 Å². The lowest BCUT2D eigenvalue weighted by molar-refractivity contribution is 1.07. The van der Waals surface area contributed by atoms with E-state index < -0.39 is 253 Å². The number of fused-ring (bicyclic) bond motifs is 3. The van der Waals surface area contributed by atoms with Crippen molar-refractivity contribution in [1.82, 2.24) is 19.5 Å². The molecular formula is C45H28N4. The van der Waals surface area contributed by atoms with Crippen molar-refractivity contribution in [3.8, 4) is 51.0 Å². The van der Waals surface area contributed by atoms with Crippen LogP contribution < -0.4 is 0 Å². The number of hydrogen-bond acceptors (Lipinski definition) is 3. The highest BCUT2D eigenvalue weighted by atomic mass is 15.0. The maximum atomic E-state index is 10.1. The van der Waals surface area contributed by atoms with Gasteiger partial charge in [-0.3, -0.25) is 0 Å². The van der Waals surface area contributed by atoms with Crippen molar-refractivity contribution in [3.63, 3.8) is 0 Å². The lowest BCUT2D eigenvalue weighted by Crippen LogP contribution is -2.00. The Balaban J connectivity index is 1.47. The minimum atomic E-state index is -1.04. The topological polar surface area (TPSA) is 43.6 Å². The Labute approximate surface area is 322 Å². The second-order valence-corrected chi connectivity index (χ2v) is 10.3. The van der Waals surface area contributed by atoms with Crippen LogP contribution in [0.2, 0.25) is 0 Å². The molecule has 4 nitrogen and oxygen atoms in total. The minimum Gasteiger partial charge on any atom is -0.309 e. The first-order chi connectivity index (χ1) is 35.9. The van der Waals surface area contributed by atoms with E-state index >= 15 is 0 Å². The molecule has 0 fully saturated rings. The predicted octanol–water partition coefficient (Wildman–Crippen LogP) is 11.4. The number of para-hydroxylation sites is 1. The lowest BCUT2D eigenvalue weighted by Gasteiger charge is -2.12. The van der Waals surface area contributed by atoms with Crippen LogP contribution in [-0.4, -0.2) is 19.5 Å². The quantitative estimate of drug-likeness (QED) is 0.174. The Hall–Kier alpha value is -6.65. The normalized spacial score (nSPS) is 19.7. The molecule has 0 N–H and O–H groups in total. The summed E-state index contributed by atoms with van der Waals surface area (Å²) in [6.07, 6.45) is 0. The van der Waals surface area contributed by atoms with Crippen LogP contribution in [0.1, 0.15) is 38.4 Å². The molecule has 0 aliphatic rings. The first-order valence-electron chi connectivity index (χ1n) is 28.3. The van der Waals surface area contributed by atoms with Gasteiger partial charge in [0.2, 0.25) is 0 Å². The molecule has 0 saturated carbocycles. The summed E-state index contributed by atoms with van der Waals surface area (Å²) in [5.41, 5.74) is -5.80. The van der Waals surface area contributed by atoms with E-state index in [0.717, 1.165) is 4.57 Å². The average Bonchev–Trinajstić information content (AvgIpc) is 3.79. The summed E-state index contributed by atoms with van der Waals surface area (Å²) >= 11 is 0. The number of rotatable bonds is 5. The zero-order chi connectivity index (χ0) is 56.7. The molecule has 0 aliphatic carbocycles. The van der Waals surface area contributed by atoms with Crippen molar-refractivity contribution in [2.75, 3.05) is 0 Å². The Morgan fingerprint density at radius 3 is 1.49 bits per heavy atom. The van der Waals surface area contributed by atoms with Crippen LogP contribution >= 0.6 is 0 Å². The van der Waals surface area contributed by atoms with Gasteiger partial charge in [-0.25, -0.2) is 15.0 Å². The molecule has 8 aromatic carbocycles. The molecule has 0 bridgehead atoms. The van der Waals surface area contributed by atoms with Crippen LogP contribution in [0.4, 0.5) is 0 Å². The van der Waals surface area contributed by atoms with Gasteiger partial charge in [-0.1, -0.05) is 139 Å². The van der Waals surface area contributed by atoms with Crippen molar-refractivity contribution >= 4 is 43.4 Å². The van der Waals surface area contributed by atoms with Crippen LogP contribution in [0, 0.1) is 0 Å². The first-order valence-corrected chi connectivity index (χ1v) is 14.3. The molecule has 0 atom stereocenters. The SMILES string of the molecule is [2H]c1c([2H])c([2H])c(-c2nc(-c3c([2H])c([2H])c(-c4c([2H])c([2H])c([2H])c([2H])c4[2H])c([2H])c3[2H])nc(-c3c([2H])c4c5c([2H])c([2H])c([2H])c([2H])c5c5c([2H])c([2H])c([2H])c6c5c4c(c3[2H])n6-c3c([2H])c([2H])c([2H])c([2H])c3[2H])n2)c([2H])c1[2H]. The smallest absolute Gasteiger partial charge is 0.164 e. The third kappa shape index (κ3) is 4.42. The standard InChI is InChI=1S/C45H28N4/c1-4-13-29(14-5-1)30-23-25-32(26-24-30)44-46-43(31-15-6-2-7-16-31)47-45(48-44)33-27-38-36-20-11-10-19-35(36)37-21-12-22-39-41(37)42(38)40(28-33)49(39)34-17-8-3-9-18-34/h1-28H/i1D,2D,3D,4D,5D,6D,7D,8D,9D,10D,11D,12D,13D,14D,15D,16D,17D,18D,19D,20D,21D,22D,23D,24D,25D,26D,27D,28D. The van der Waals surface area contributed by atoms with Crippen molar-refractivity contribution < 1.29 is 38.4 Å². The highest BCUT2D eigenvalue weighted by Gasteiger charge is 2.22. The van der Waals surface area contributed by atoms with Crippen molar-refractivity contribution in [2.45, 2.75) is 0 Å². The summed E-state index contributed by atoms with van der Waals surface area (Å²) < 4.78 is 249. The summed E-state index contributed by atoms with van der Waals surface area (Å²) in [5.74, 6) is -2.73. The summed E-state index contributed by atoms with van der Waals surface area (Å²) in [6.45, 7) is 0. The first kappa shape index (κ1) is 11.5. The Kier molecular flexibility index (Phi) is 2.57. The van der Waals surface area contributed by atoms with E-state index in [-0.39, 0.29) is 10.8 Å². The average molecular weight is 653 g/mol. The lowest BCUT2D eigenvalue weighted by atomic mass is 9.93. The van der Waals surface area contributed by atoms with Gasteiger partial charge in [0.15, 0.2) is 17.5 Å². The van der Waals surface area contributed by atoms with E-state index in [4.69, 9.17) is 30.2 Å². The highest BCUT2D eigenvalue weighted by molar-refractivity contribution is 6.34. The largest absolute Gasteiger partial charge is 0.309 e. The third-order valence-electron chi connectivity index (χ3n) is 7.61. The molecule has 2 heterocycles. The molecule has 0 amide bonds. The molecule has 2 aromatic heterocycles. The Morgan fingerprint density at radius 2 is 0.816 bits per heavy atom. The van der Waals surface area contributed by atoms with Crippen LogP contribution in [0.3, 0.4) is 0 Å². The summed E-state index contributed by atoms with van der Waals surface area (Å²) in [6, 6.07) is -25.4. The van der Waals surface area contributed by atoms with Gasteiger partial charge in [-0.2, -0.15) is 0 Å². The van der Waals surface area contributed by atoms with E-state index in [1.807, 2.05) is 0 Å². The molecule has 0 unspecified atom stereocenters. The molecule has 0 spiro atoms. The van der Waals surface area contributed by atoms with Gasteiger partial charge in [0.05, 0.1) is 49.4 Å². The molecule has 10 rings (SSSR count). The second-order valence-electron chi connectivity index (χ2n) is 10.3. The van der Waals surface area contributed by atoms with E-state index in [9.17, 15) is 8.22 Å². The van der Waals surface area contributed by atoms with Gasteiger partial charge in [0.25, 0.3) is 0 Å². The zero-order valence-corrected chi connectivity index (χ0v) is 24.3. The van der Waals surface area contributed by atoms with Crippen molar-refractivity contribution in [1.29, 1.82) is 0 Å². The van der Waals surface area contributed by atoms with Crippen molar-refractivity contribution in [2.24, 2.45) is 0 Å². The van der Waals surface area contributed by atoms with Gasteiger partial charge < -0.3 is 4.57 Å². The fourth-order valence-electron chi connectivity index (χ4n) is 5.60. The summed E-state index contributed by atoms with van der Waals surface area (Å²) in [4.78, 5) is 13.1. The van der Waals surface area contributed by atoms with Gasteiger partial charge in [0.1, 0.15) is 0 Å². The van der Waals surface area contributed by atoms with Gasteiger partial charge >= 0.3 is 0 Å². The summed E-state index contributed by atoms with van der Waals surface area (Å²) in [5, 5.41) is -2.57. The number of nitrogens with zero attached hydrogens (tertiary/aromatic N) is 4. The third-order valence-corrected chi connectivity index (χ3v) is 7.61. The molecule has 0 aliphatic heterocycles. The monoisotopic (exact) mass is 652 g/mol. The fourth-order valence-corrected chi connectivity index (χ4v) is 5.60. The molecule has 228 valence electrons. The summed E-state index contributed by atoms with van der Waals surface area (Å²) in [7, 11) is 0. The molecule has 10 aromatic rings. The predicted molar refractivity (Wildman–Crippen MR) is 202 cm³/mol. The molecular weight excluding hydrogens is 597 g/mol. The van der Waals surface area contributed by atoms with E-state index in [2.05, 4.69) is 15.0 Å². The Morgan fingerprint density at radius 1 is 0.347 bits per heavy atom. The van der Waals surface area contributed by atoms with E-state index in [1.54, 1.807) is 0 Å². The number of aromatic nitrogens is 4. The maximum Gasteiger partial charge on any atom is 0.164 e. The van der Waals surface area contributed by atoms with Crippen LogP contribution in [0.5, 0.6) is 0 Å². The highest BCUT2D eigenvalue weighted by Crippen LogP contribution is 2.45. The van der Waals surface area contributed by atoms with Gasteiger partial charge in [-0.15, -0.1) is 0 Å². The Bertz CT molecular complexity index is 4320. The fraction of sp³-hybridized carbons (Fsp3) is 0. The maximum absolute atomic E-state index is 10.1. The number of benzene rings is 8. The van der Waals surface area contributed by atoms with E-state index in [0.29, 0.717) is 0 Å². The molecule has 0 saturated heterocycles. The molecule has 0 radical (unpaired) electrons. The molecule has 4 heteroatoms. The zero-order valence-electron chi connectivity index (χ0n) is 52.3. The van der Waals surface area contributed by atoms with Crippen molar-refractivity contribution in [3.05, 3.63) is 169 Å². The van der Waals surface area contributed by atoms with Crippen LogP contribution in [0.15, 0.2) is 169 Å². The van der Waals surface area contributed by atoms with Gasteiger partial charge in [0, 0.05) is 33.2 Å². The van der Waals surface area contributed by atoms with E-state index in [1.165, 1.54) is 0 Å². The second kappa shape index (κ2) is 11.0. The van der Waals surface area contributed by atoms with Crippen LogP contribution in [0.25, 0.3) is 94.3 Å².